The minimum atomic E-state index is -4.11. The van der Waals surface area contributed by atoms with Gasteiger partial charge in [-0.3, -0.25) is 0 Å². The Morgan fingerprint density at radius 1 is 1.41 bits per heavy atom. The van der Waals surface area contributed by atoms with E-state index in [0.29, 0.717) is 6.54 Å². The van der Waals surface area contributed by atoms with E-state index >= 15 is 0 Å². The summed E-state index contributed by atoms with van der Waals surface area (Å²) in [6.45, 7) is 0.662. The molecule has 0 aliphatic carbocycles. The van der Waals surface area contributed by atoms with Crippen LogP contribution in [0.5, 0.6) is 0 Å². The molecule has 0 saturated heterocycles. The number of aromatic carboxylic acids is 1. The van der Waals surface area contributed by atoms with E-state index in [4.69, 9.17) is 5.11 Å². The van der Waals surface area contributed by atoms with Gasteiger partial charge in [0, 0.05) is 17.8 Å². The number of hydrogen-bond donors (Lipinski definition) is 2. The van der Waals surface area contributed by atoms with Gasteiger partial charge in [0.2, 0.25) is 0 Å². The number of hydrogen-bond acceptors (Lipinski definition) is 3. The van der Waals surface area contributed by atoms with E-state index in [1.165, 1.54) is 6.07 Å². The van der Waals surface area contributed by atoms with Gasteiger partial charge in [0.1, 0.15) is 4.88 Å². The average Bonchev–Trinajstić information content (AvgIpc) is 2.64. The van der Waals surface area contributed by atoms with Crippen molar-refractivity contribution in [3.63, 3.8) is 0 Å². The molecule has 96 valence electrons. The lowest BCUT2D eigenvalue weighted by Gasteiger charge is -2.06. The van der Waals surface area contributed by atoms with Crippen molar-refractivity contribution in [3.05, 3.63) is 21.9 Å². The molecule has 1 heterocycles. The Kier molecular flexibility index (Phi) is 4.95. The molecule has 0 unspecified atom stereocenters. The molecule has 1 rings (SSSR count). The number of thiophene rings is 1. The summed E-state index contributed by atoms with van der Waals surface area (Å²) >= 11 is 1.12. The van der Waals surface area contributed by atoms with Gasteiger partial charge in [-0.2, -0.15) is 13.2 Å². The molecule has 0 amide bonds. The Balaban J connectivity index is 2.20. The molecule has 3 nitrogen and oxygen atoms in total. The quantitative estimate of drug-likeness (QED) is 0.779. The van der Waals surface area contributed by atoms with Crippen molar-refractivity contribution in [2.24, 2.45) is 0 Å². The van der Waals surface area contributed by atoms with Gasteiger partial charge in [-0.1, -0.05) is 0 Å². The van der Waals surface area contributed by atoms with Crippen LogP contribution in [0.25, 0.3) is 0 Å². The lowest BCUT2D eigenvalue weighted by molar-refractivity contribution is -0.135. The average molecular weight is 267 g/mol. The number of carbonyl (C=O) groups is 1. The molecule has 0 aliphatic heterocycles. The predicted octanol–water partition coefficient (Wildman–Crippen LogP) is 2.88. The molecule has 7 heteroatoms. The molecule has 0 bridgehead atoms. The van der Waals surface area contributed by atoms with Crippen LogP contribution in [0.4, 0.5) is 13.2 Å². The second-order valence-electron chi connectivity index (χ2n) is 3.47. The van der Waals surface area contributed by atoms with Crippen molar-refractivity contribution < 1.29 is 23.1 Å². The molecule has 0 aliphatic rings. The molecule has 17 heavy (non-hydrogen) atoms. The van der Waals surface area contributed by atoms with Crippen molar-refractivity contribution in [1.29, 1.82) is 0 Å². The molecule has 1 aromatic heterocycles. The highest BCUT2D eigenvalue weighted by Crippen LogP contribution is 2.21. The van der Waals surface area contributed by atoms with Gasteiger partial charge >= 0.3 is 12.1 Å². The van der Waals surface area contributed by atoms with Crippen LogP contribution in [0.3, 0.4) is 0 Å². The van der Waals surface area contributed by atoms with Crippen LogP contribution >= 0.6 is 11.3 Å². The van der Waals surface area contributed by atoms with Crippen molar-refractivity contribution in [2.45, 2.75) is 25.6 Å². The third-order valence-corrected chi connectivity index (χ3v) is 3.06. The number of nitrogens with one attached hydrogen (secondary N) is 1. The fourth-order valence-corrected chi connectivity index (χ4v) is 2.03. The Hall–Kier alpha value is -1.08. The SMILES string of the molecule is O=C(O)c1ccc(CNCCCC(F)(F)F)s1. The summed E-state index contributed by atoms with van der Waals surface area (Å²) in [6, 6.07) is 3.14. The zero-order valence-electron chi connectivity index (χ0n) is 8.88. The molecule has 0 atom stereocenters. The standard InChI is InChI=1S/C10H12F3NO2S/c11-10(12,13)4-1-5-14-6-7-2-3-8(17-7)9(15)16/h2-3,14H,1,4-6H2,(H,15,16). The predicted molar refractivity (Wildman–Crippen MR) is 58.3 cm³/mol. The number of alkyl halides is 3. The molecular weight excluding hydrogens is 255 g/mol. The van der Waals surface area contributed by atoms with Gasteiger partial charge < -0.3 is 10.4 Å². The molecule has 2 N–H and O–H groups in total. The van der Waals surface area contributed by atoms with E-state index in [0.717, 1.165) is 16.2 Å². The summed E-state index contributed by atoms with van der Waals surface area (Å²) in [4.78, 5) is 11.6. The minimum absolute atomic E-state index is 0.0284. The largest absolute Gasteiger partial charge is 0.477 e. The van der Waals surface area contributed by atoms with E-state index in [1.807, 2.05) is 0 Å². The lowest BCUT2D eigenvalue weighted by atomic mass is 10.3. The molecule has 0 spiro atoms. The van der Waals surface area contributed by atoms with E-state index in [9.17, 15) is 18.0 Å². The first-order valence-electron chi connectivity index (χ1n) is 4.98. The summed E-state index contributed by atoms with van der Waals surface area (Å²) in [7, 11) is 0. The normalized spacial score (nSPS) is 11.7. The molecule has 0 aromatic carbocycles. The zero-order chi connectivity index (χ0) is 12.9. The highest BCUT2D eigenvalue weighted by molar-refractivity contribution is 7.13. The van der Waals surface area contributed by atoms with E-state index in [1.54, 1.807) is 6.07 Å². The van der Waals surface area contributed by atoms with Crippen LogP contribution in [-0.4, -0.2) is 23.8 Å². The van der Waals surface area contributed by atoms with Crippen LogP contribution in [0, 0.1) is 0 Å². The topological polar surface area (TPSA) is 49.3 Å². The Bertz CT molecular complexity index is 376. The number of halogens is 3. The fourth-order valence-electron chi connectivity index (χ4n) is 1.21. The van der Waals surface area contributed by atoms with Crippen LogP contribution in [0.1, 0.15) is 27.4 Å². The van der Waals surface area contributed by atoms with E-state index in [-0.39, 0.29) is 17.8 Å². The fraction of sp³-hybridized carbons (Fsp3) is 0.500. The monoisotopic (exact) mass is 267 g/mol. The Morgan fingerprint density at radius 3 is 2.65 bits per heavy atom. The van der Waals surface area contributed by atoms with Gasteiger partial charge in [-0.05, 0) is 25.1 Å². The molecule has 1 aromatic rings. The van der Waals surface area contributed by atoms with Gasteiger partial charge in [-0.25, -0.2) is 4.79 Å². The third-order valence-electron chi connectivity index (χ3n) is 1.99. The summed E-state index contributed by atoms with van der Waals surface area (Å²) in [5.74, 6) is -0.988. The molecule has 0 saturated carbocycles. The maximum Gasteiger partial charge on any atom is 0.389 e. The zero-order valence-corrected chi connectivity index (χ0v) is 9.70. The van der Waals surface area contributed by atoms with Crippen LogP contribution in [0.15, 0.2) is 12.1 Å². The number of carboxylic acids is 1. The number of rotatable bonds is 6. The maximum absolute atomic E-state index is 11.8. The molecule has 0 fully saturated rings. The van der Waals surface area contributed by atoms with E-state index < -0.39 is 18.6 Å². The van der Waals surface area contributed by atoms with Crippen LogP contribution in [-0.2, 0) is 6.54 Å². The maximum atomic E-state index is 11.8. The van der Waals surface area contributed by atoms with Crippen molar-refractivity contribution in [2.75, 3.05) is 6.54 Å². The highest BCUT2D eigenvalue weighted by atomic mass is 32.1. The smallest absolute Gasteiger partial charge is 0.389 e. The number of carboxylic acid groups (broad SMARTS) is 1. The van der Waals surface area contributed by atoms with Crippen molar-refractivity contribution >= 4 is 17.3 Å². The summed E-state index contributed by atoms with van der Waals surface area (Å²) in [5, 5.41) is 11.5. The lowest BCUT2D eigenvalue weighted by Crippen LogP contribution is -2.17. The second kappa shape index (κ2) is 6.02. The van der Waals surface area contributed by atoms with Gasteiger partial charge in [0.05, 0.1) is 0 Å². The van der Waals surface area contributed by atoms with Crippen LogP contribution < -0.4 is 5.32 Å². The third kappa shape index (κ3) is 5.69. The van der Waals surface area contributed by atoms with Gasteiger partial charge in [0.25, 0.3) is 0 Å². The molecule has 0 radical (unpaired) electrons. The first-order valence-corrected chi connectivity index (χ1v) is 5.79. The van der Waals surface area contributed by atoms with Gasteiger partial charge in [-0.15, -0.1) is 11.3 Å². The Labute approximate surface area is 100 Å². The summed E-state index contributed by atoms with van der Waals surface area (Å²) in [5.41, 5.74) is 0. The van der Waals surface area contributed by atoms with E-state index in [2.05, 4.69) is 5.32 Å². The Morgan fingerprint density at radius 2 is 2.12 bits per heavy atom. The van der Waals surface area contributed by atoms with Crippen LogP contribution in [0.2, 0.25) is 0 Å². The van der Waals surface area contributed by atoms with Gasteiger partial charge in [0.15, 0.2) is 0 Å². The van der Waals surface area contributed by atoms with Crippen molar-refractivity contribution in [1.82, 2.24) is 5.32 Å². The van der Waals surface area contributed by atoms with Crippen molar-refractivity contribution in [3.8, 4) is 0 Å². The summed E-state index contributed by atoms with van der Waals surface area (Å²) < 4.78 is 35.4. The minimum Gasteiger partial charge on any atom is -0.477 e. The first-order chi connectivity index (χ1) is 7.88. The summed E-state index contributed by atoms with van der Waals surface area (Å²) in [6.07, 6.45) is -4.88. The second-order valence-corrected chi connectivity index (χ2v) is 4.63. The highest BCUT2D eigenvalue weighted by Gasteiger charge is 2.25. The first kappa shape index (κ1) is 14.0. The molecular formula is C10H12F3NO2S.